The normalized spacial score (nSPS) is 13.3. The zero-order valence-corrected chi connectivity index (χ0v) is 73.1. The second-order valence-corrected chi connectivity index (χ2v) is 38.0. The molecule has 0 bridgehead atoms. The summed E-state index contributed by atoms with van der Waals surface area (Å²) in [5.41, 5.74) is 33.8. The van der Waals surface area contributed by atoms with E-state index in [0.717, 1.165) is 39.8 Å². The van der Waals surface area contributed by atoms with E-state index in [1.807, 2.05) is 22.7 Å². The number of aromatic nitrogens is 2. The summed E-state index contributed by atoms with van der Waals surface area (Å²) >= 11 is 3.74. The minimum absolute atomic E-state index is 0.530. The van der Waals surface area contributed by atoms with Crippen LogP contribution in [0, 0.1) is 0 Å². The summed E-state index contributed by atoms with van der Waals surface area (Å²) in [6.45, 7) is 0. The second kappa shape index (κ2) is 28.0. The number of nitrogens with zero attached hydrogens (tertiary/aromatic N) is 4. The van der Waals surface area contributed by atoms with Crippen molar-refractivity contribution < 1.29 is 0 Å². The van der Waals surface area contributed by atoms with Crippen molar-refractivity contribution in [3.05, 3.63) is 506 Å². The Kier molecular flexibility index (Phi) is 15.6. The molecule has 6 heteroatoms. The number of hydrogen-bond acceptors (Lipinski definition) is 4. The van der Waals surface area contributed by atoms with E-state index in [1.165, 1.54) is 222 Å². The van der Waals surface area contributed by atoms with Gasteiger partial charge in [-0.05, 0) is 237 Å². The first-order chi connectivity index (χ1) is 65.5. The minimum atomic E-state index is -0.533. The fraction of sp³-hybridized carbons (Fsp3) is 0.0159. The summed E-state index contributed by atoms with van der Waals surface area (Å²) in [6, 6.07) is 173. The van der Waals surface area contributed by atoms with Crippen molar-refractivity contribution in [2.24, 2.45) is 0 Å². The third kappa shape index (κ3) is 10.1. The SMILES string of the molecule is c1ccc2c(c1)-c1ccccc1C21c2cc(N(c3ccc4c5ccccc5n(-c5ccc6sc7ccccc7c6c5)c4c3)c3cccc4ccccc34)ccc2-c2cccc3cccc1c23.c1ccc2c(c1)-c1ccccc1C21c2cc(N(c3ccc4c5ccccc5n(-c5cccc6sc7ccccc7c56)c4c3)c3cccc4ccccc34)ccc2-c2cccc3cccc1c23. The third-order valence-electron chi connectivity index (χ3n) is 29.5. The van der Waals surface area contributed by atoms with Gasteiger partial charge >= 0.3 is 0 Å². The van der Waals surface area contributed by atoms with Crippen LogP contribution in [0.3, 0.4) is 0 Å². The maximum atomic E-state index is 2.53. The van der Waals surface area contributed by atoms with Gasteiger partial charge in [0.25, 0.3) is 0 Å². The van der Waals surface area contributed by atoms with Gasteiger partial charge in [-0.25, -0.2) is 0 Å². The summed E-state index contributed by atoms with van der Waals surface area (Å²) < 4.78 is 10.2. The summed E-state index contributed by atoms with van der Waals surface area (Å²) in [5, 5.41) is 20.2. The minimum Gasteiger partial charge on any atom is -0.310 e. The highest BCUT2D eigenvalue weighted by atomic mass is 32.1. The topological polar surface area (TPSA) is 16.3 Å². The van der Waals surface area contributed by atoms with Crippen molar-refractivity contribution in [1.29, 1.82) is 0 Å². The highest BCUT2D eigenvalue weighted by molar-refractivity contribution is 7.26. The van der Waals surface area contributed by atoms with Gasteiger partial charge in [-0.2, -0.15) is 0 Å². The molecule has 30 rings (SSSR count). The molecule has 0 aliphatic heterocycles. The van der Waals surface area contributed by atoms with Gasteiger partial charge in [-0.15, -0.1) is 22.7 Å². The van der Waals surface area contributed by atoms with Gasteiger partial charge in [-0.3, -0.25) is 0 Å². The highest BCUT2D eigenvalue weighted by Crippen LogP contribution is 2.66. The molecular formula is C126H76N4S2. The molecule has 0 atom stereocenters. The Hall–Kier alpha value is -16.5. The van der Waals surface area contributed by atoms with E-state index >= 15 is 0 Å². The molecule has 22 aromatic carbocycles. The lowest BCUT2D eigenvalue weighted by Crippen LogP contribution is -2.32. The molecule has 4 aliphatic rings. The Balaban J connectivity index is 0.000000129. The monoisotopic (exact) mass is 1710 g/mol. The van der Waals surface area contributed by atoms with E-state index in [9.17, 15) is 0 Å². The van der Waals surface area contributed by atoms with E-state index in [1.54, 1.807) is 0 Å². The predicted molar refractivity (Wildman–Crippen MR) is 559 cm³/mol. The van der Waals surface area contributed by atoms with Crippen LogP contribution in [0.1, 0.15) is 44.5 Å². The first kappa shape index (κ1) is 73.6. The van der Waals surface area contributed by atoms with E-state index < -0.39 is 10.8 Å². The average Bonchev–Trinajstić information content (AvgIpc) is 1.48. The van der Waals surface area contributed by atoms with Crippen LogP contribution in [0.4, 0.5) is 34.1 Å². The zero-order valence-electron chi connectivity index (χ0n) is 71.5. The first-order valence-electron chi connectivity index (χ1n) is 45.7. The number of rotatable bonds is 8. The van der Waals surface area contributed by atoms with Crippen molar-refractivity contribution in [3.8, 4) is 55.9 Å². The Morgan fingerprint density at radius 2 is 0.523 bits per heavy atom. The molecule has 4 nitrogen and oxygen atoms in total. The van der Waals surface area contributed by atoms with Crippen LogP contribution < -0.4 is 9.80 Å². The summed E-state index contributed by atoms with van der Waals surface area (Å²) in [6.07, 6.45) is 0. The second-order valence-electron chi connectivity index (χ2n) is 35.9. The van der Waals surface area contributed by atoms with Crippen LogP contribution in [-0.4, -0.2) is 9.13 Å². The summed E-state index contributed by atoms with van der Waals surface area (Å²) in [4.78, 5) is 5.04. The van der Waals surface area contributed by atoms with Crippen molar-refractivity contribution in [1.82, 2.24) is 9.13 Å². The lowest BCUT2D eigenvalue weighted by Gasteiger charge is -2.41. The Labute approximate surface area is 769 Å². The van der Waals surface area contributed by atoms with Crippen LogP contribution >= 0.6 is 22.7 Å². The highest BCUT2D eigenvalue weighted by Gasteiger charge is 2.52. The Morgan fingerprint density at radius 1 is 0.182 bits per heavy atom. The molecule has 2 spiro atoms. The summed E-state index contributed by atoms with van der Waals surface area (Å²) in [5.74, 6) is 0. The maximum Gasteiger partial charge on any atom is 0.0726 e. The lowest BCUT2D eigenvalue weighted by molar-refractivity contribution is 0.773. The standard InChI is InChI=1S/2C63H38N2S/c1-2-19-43-39(15-1)16-13-29-55(43)64(42-34-36-48-47-22-5-9-28-56(47)65(58(48)38-42)57-30-14-32-60-62(57)50-23-6-10-31-59(50)66-60)41-33-35-46-49-24-11-17-40-18-12-27-53(61(40)49)63(54(46)37-41)51-25-7-3-20-44(51)45-21-4-8-26-52(45)63;1-2-18-44-39(14-1)15-13-28-57(44)64(43-31-34-49-48-21-5-9-27-58(48)65(59(49)38-43)41-32-35-61-52(36-41)50-22-6-10-29-60(50)66-61)42-30-33-47-51-23-11-16-40-17-12-26-55(62(40)51)63(56(47)37-42)53-24-7-3-19-45(53)46-20-4-8-25-54(46)63/h2*1-38H. The van der Waals surface area contributed by atoms with Crippen molar-refractivity contribution in [3.63, 3.8) is 0 Å². The van der Waals surface area contributed by atoms with Gasteiger partial charge in [0.1, 0.15) is 0 Å². The molecule has 0 N–H and O–H groups in total. The van der Waals surface area contributed by atoms with Gasteiger partial charge in [-0.1, -0.05) is 346 Å². The van der Waals surface area contributed by atoms with Gasteiger partial charge in [0.15, 0.2) is 0 Å². The van der Waals surface area contributed by atoms with Gasteiger partial charge < -0.3 is 18.9 Å². The van der Waals surface area contributed by atoms with Gasteiger partial charge in [0, 0.05) is 101 Å². The summed E-state index contributed by atoms with van der Waals surface area (Å²) in [7, 11) is 0. The van der Waals surface area contributed by atoms with Crippen LogP contribution in [0.25, 0.3) is 183 Å². The molecule has 132 heavy (non-hydrogen) atoms. The molecule has 4 aromatic heterocycles. The molecule has 0 amide bonds. The van der Waals surface area contributed by atoms with E-state index in [4.69, 9.17) is 0 Å². The quantitative estimate of drug-likeness (QED) is 0.151. The molecule has 0 saturated heterocycles. The first-order valence-corrected chi connectivity index (χ1v) is 47.3. The third-order valence-corrected chi connectivity index (χ3v) is 31.8. The van der Waals surface area contributed by atoms with Crippen LogP contribution in [0.5, 0.6) is 0 Å². The smallest absolute Gasteiger partial charge is 0.0726 e. The average molecular weight is 1710 g/mol. The predicted octanol–water partition coefficient (Wildman–Crippen LogP) is 34.5. The molecule has 26 aromatic rings. The molecule has 612 valence electrons. The van der Waals surface area contributed by atoms with E-state index in [2.05, 4.69) is 480 Å². The number of thiophene rings is 2. The van der Waals surface area contributed by atoms with Crippen molar-refractivity contribution in [2.75, 3.05) is 9.80 Å². The lowest BCUT2D eigenvalue weighted by atomic mass is 9.61. The van der Waals surface area contributed by atoms with E-state index in [-0.39, 0.29) is 0 Å². The molecule has 0 saturated carbocycles. The van der Waals surface area contributed by atoms with Crippen molar-refractivity contribution >= 4 is 184 Å². The fourth-order valence-corrected chi connectivity index (χ4v) is 26.5. The number of benzene rings is 22. The van der Waals surface area contributed by atoms with Crippen molar-refractivity contribution in [2.45, 2.75) is 10.8 Å². The molecule has 0 radical (unpaired) electrons. The van der Waals surface area contributed by atoms with Gasteiger partial charge in [0.2, 0.25) is 0 Å². The Bertz CT molecular complexity index is 9390. The van der Waals surface area contributed by atoms with E-state index in [0.29, 0.717) is 0 Å². The molecule has 0 unspecified atom stereocenters. The molecule has 0 fully saturated rings. The largest absolute Gasteiger partial charge is 0.310 e. The molecular weight excluding hydrogens is 1630 g/mol. The van der Waals surface area contributed by atoms with Crippen LogP contribution in [-0.2, 0) is 10.8 Å². The molecule has 4 heterocycles. The Morgan fingerprint density at radius 3 is 1.05 bits per heavy atom. The number of hydrogen-bond donors (Lipinski definition) is 0. The van der Waals surface area contributed by atoms with Crippen LogP contribution in [0.2, 0.25) is 0 Å². The fourth-order valence-electron chi connectivity index (χ4n) is 24.3. The number of fused-ring (bicyclic) bond motifs is 32. The molecule has 4 aliphatic carbocycles. The number of anilines is 6. The zero-order chi connectivity index (χ0) is 86.2. The number of para-hydroxylation sites is 2. The van der Waals surface area contributed by atoms with Crippen LogP contribution in [0.15, 0.2) is 461 Å². The van der Waals surface area contributed by atoms with Gasteiger partial charge in [0.05, 0.1) is 50.0 Å². The maximum absolute atomic E-state index is 2.53.